The zero-order valence-corrected chi connectivity index (χ0v) is 13.2. The quantitative estimate of drug-likeness (QED) is 0.475. The van der Waals surface area contributed by atoms with Crippen molar-refractivity contribution >= 4 is 22.6 Å². The van der Waals surface area contributed by atoms with Gasteiger partial charge in [0.15, 0.2) is 0 Å². The lowest BCUT2D eigenvalue weighted by atomic mass is 9.99. The molecule has 3 nitrogen and oxygen atoms in total. The Kier molecular flexibility index (Phi) is 4.24. The summed E-state index contributed by atoms with van der Waals surface area (Å²) >= 11 is 2.30. The van der Waals surface area contributed by atoms with Crippen LogP contribution in [0.15, 0.2) is 48.5 Å². The Bertz CT molecular complexity index is 581. The van der Waals surface area contributed by atoms with Crippen LogP contribution in [-0.2, 0) is 0 Å². The molecule has 0 aliphatic heterocycles. The summed E-state index contributed by atoms with van der Waals surface area (Å²) < 4.78 is 7.06. The average molecular weight is 380 g/mol. The van der Waals surface area contributed by atoms with Gasteiger partial charge in [0.1, 0.15) is 5.75 Å². The predicted octanol–water partition coefficient (Wildman–Crippen LogP) is 3.39. The van der Waals surface area contributed by atoms with Crippen molar-refractivity contribution < 1.29 is 4.74 Å². The second-order valence-corrected chi connectivity index (χ2v) is 6.29. The van der Waals surface area contributed by atoms with Crippen LogP contribution in [0.4, 0.5) is 0 Å². The number of hydrogen-bond acceptors (Lipinski definition) is 3. The first kappa shape index (κ1) is 13.9. The third-order valence-corrected chi connectivity index (χ3v) is 4.11. The van der Waals surface area contributed by atoms with Crippen LogP contribution < -0.4 is 16.0 Å². The van der Waals surface area contributed by atoms with E-state index in [-0.39, 0.29) is 6.04 Å². The van der Waals surface area contributed by atoms with E-state index in [9.17, 15) is 0 Å². The minimum Gasteiger partial charge on any atom is -0.490 e. The van der Waals surface area contributed by atoms with Gasteiger partial charge in [-0.25, -0.2) is 5.43 Å². The van der Waals surface area contributed by atoms with Crippen LogP contribution in [0.1, 0.15) is 30.0 Å². The summed E-state index contributed by atoms with van der Waals surface area (Å²) in [6.45, 7) is 0. The molecule has 2 aromatic carbocycles. The van der Waals surface area contributed by atoms with E-state index in [0.717, 1.165) is 16.9 Å². The first-order chi connectivity index (χ1) is 9.76. The fourth-order valence-electron chi connectivity index (χ4n) is 2.19. The molecule has 3 rings (SSSR count). The number of ether oxygens (including phenoxy) is 1. The molecule has 4 heteroatoms. The fourth-order valence-corrected chi connectivity index (χ4v) is 2.55. The molecule has 0 spiro atoms. The molecule has 1 fully saturated rings. The molecule has 0 heterocycles. The van der Waals surface area contributed by atoms with Crippen molar-refractivity contribution in [2.45, 2.75) is 25.0 Å². The second kappa shape index (κ2) is 6.11. The molecule has 1 aliphatic carbocycles. The smallest absolute Gasteiger partial charge is 0.120 e. The Morgan fingerprint density at radius 1 is 1.10 bits per heavy atom. The molecule has 0 saturated heterocycles. The highest BCUT2D eigenvalue weighted by atomic mass is 127. The van der Waals surface area contributed by atoms with Crippen LogP contribution in [0.2, 0.25) is 0 Å². The molecule has 2 aromatic rings. The molecule has 0 amide bonds. The summed E-state index contributed by atoms with van der Waals surface area (Å²) in [5, 5.41) is 0. The summed E-state index contributed by atoms with van der Waals surface area (Å²) in [6.07, 6.45) is 2.74. The van der Waals surface area contributed by atoms with E-state index in [4.69, 9.17) is 10.6 Å². The largest absolute Gasteiger partial charge is 0.490 e. The van der Waals surface area contributed by atoms with Gasteiger partial charge in [-0.3, -0.25) is 5.84 Å². The van der Waals surface area contributed by atoms with Gasteiger partial charge in [0, 0.05) is 3.57 Å². The molecule has 1 saturated carbocycles. The molecular formula is C16H17IN2O. The molecule has 0 bridgehead atoms. The van der Waals surface area contributed by atoms with Crippen LogP contribution >= 0.6 is 22.6 Å². The van der Waals surface area contributed by atoms with Crippen LogP contribution in [0, 0.1) is 3.57 Å². The summed E-state index contributed by atoms with van der Waals surface area (Å²) in [7, 11) is 0. The van der Waals surface area contributed by atoms with Crippen molar-refractivity contribution in [1.29, 1.82) is 0 Å². The van der Waals surface area contributed by atoms with E-state index < -0.39 is 0 Å². The molecule has 104 valence electrons. The van der Waals surface area contributed by atoms with Gasteiger partial charge in [0.2, 0.25) is 0 Å². The van der Waals surface area contributed by atoms with Crippen LogP contribution in [-0.4, -0.2) is 6.10 Å². The van der Waals surface area contributed by atoms with E-state index in [0.29, 0.717) is 6.10 Å². The maximum Gasteiger partial charge on any atom is 0.120 e. The van der Waals surface area contributed by atoms with Crippen molar-refractivity contribution in [3.8, 4) is 5.75 Å². The number of rotatable bonds is 5. The average Bonchev–Trinajstić information content (AvgIpc) is 3.26. The highest BCUT2D eigenvalue weighted by Crippen LogP contribution is 2.29. The van der Waals surface area contributed by atoms with Crippen LogP contribution in [0.25, 0.3) is 0 Å². The van der Waals surface area contributed by atoms with Gasteiger partial charge in [-0.2, -0.15) is 0 Å². The summed E-state index contributed by atoms with van der Waals surface area (Å²) in [6, 6.07) is 16.5. The predicted molar refractivity (Wildman–Crippen MR) is 88.4 cm³/mol. The zero-order chi connectivity index (χ0) is 13.9. The second-order valence-electron chi connectivity index (χ2n) is 5.04. The van der Waals surface area contributed by atoms with Gasteiger partial charge in [0.05, 0.1) is 12.1 Å². The standard InChI is InChI=1S/C16H17IN2O/c17-13-6-4-11(5-7-13)16(19-18)12-2-1-3-15(10-12)20-14-8-9-14/h1-7,10,14,16,19H,8-9,18H2. The number of nitrogens with two attached hydrogens (primary N) is 1. The molecule has 3 N–H and O–H groups in total. The van der Waals surface area contributed by atoms with Crippen LogP contribution in [0.5, 0.6) is 5.75 Å². The monoisotopic (exact) mass is 380 g/mol. The Hall–Kier alpha value is -1.11. The van der Waals surface area contributed by atoms with Gasteiger partial charge >= 0.3 is 0 Å². The topological polar surface area (TPSA) is 47.3 Å². The van der Waals surface area contributed by atoms with Crippen molar-refractivity contribution in [2.24, 2.45) is 5.84 Å². The number of halogens is 1. The third kappa shape index (κ3) is 3.31. The number of benzene rings is 2. The maximum absolute atomic E-state index is 5.85. The summed E-state index contributed by atoms with van der Waals surface area (Å²) in [5.41, 5.74) is 5.16. The van der Waals surface area contributed by atoms with Gasteiger partial charge in [-0.15, -0.1) is 0 Å². The molecule has 0 aromatic heterocycles. The Morgan fingerprint density at radius 3 is 2.50 bits per heavy atom. The van der Waals surface area contributed by atoms with E-state index in [1.165, 1.54) is 16.4 Å². The molecule has 0 radical (unpaired) electrons. The minimum atomic E-state index is -0.0187. The lowest BCUT2D eigenvalue weighted by Crippen LogP contribution is -2.28. The summed E-state index contributed by atoms with van der Waals surface area (Å²) in [4.78, 5) is 0. The van der Waals surface area contributed by atoms with E-state index >= 15 is 0 Å². The van der Waals surface area contributed by atoms with E-state index in [1.807, 2.05) is 12.1 Å². The molecule has 1 atom stereocenters. The van der Waals surface area contributed by atoms with Crippen molar-refractivity contribution in [3.05, 3.63) is 63.2 Å². The first-order valence-electron chi connectivity index (χ1n) is 6.74. The van der Waals surface area contributed by atoms with Gasteiger partial charge in [0.25, 0.3) is 0 Å². The molecule has 1 unspecified atom stereocenters. The van der Waals surface area contributed by atoms with E-state index in [1.54, 1.807) is 0 Å². The Balaban J connectivity index is 1.85. The van der Waals surface area contributed by atoms with Crippen molar-refractivity contribution in [1.82, 2.24) is 5.43 Å². The first-order valence-corrected chi connectivity index (χ1v) is 7.82. The Morgan fingerprint density at radius 2 is 1.85 bits per heavy atom. The van der Waals surface area contributed by atoms with Crippen LogP contribution in [0.3, 0.4) is 0 Å². The molecule has 1 aliphatic rings. The molecular weight excluding hydrogens is 363 g/mol. The fraction of sp³-hybridized carbons (Fsp3) is 0.250. The normalized spacial score (nSPS) is 15.9. The Labute approximate surface area is 132 Å². The summed E-state index contributed by atoms with van der Waals surface area (Å²) in [5.74, 6) is 6.67. The lowest BCUT2D eigenvalue weighted by molar-refractivity contribution is 0.302. The molecule has 20 heavy (non-hydrogen) atoms. The van der Waals surface area contributed by atoms with E-state index in [2.05, 4.69) is 64.4 Å². The van der Waals surface area contributed by atoms with Crippen molar-refractivity contribution in [3.63, 3.8) is 0 Å². The number of hydrogen-bond donors (Lipinski definition) is 2. The maximum atomic E-state index is 5.85. The lowest BCUT2D eigenvalue weighted by Gasteiger charge is -2.18. The highest BCUT2D eigenvalue weighted by Gasteiger charge is 2.23. The SMILES string of the molecule is NNC(c1ccc(I)cc1)c1cccc(OC2CC2)c1. The van der Waals surface area contributed by atoms with Gasteiger partial charge < -0.3 is 4.74 Å². The highest BCUT2D eigenvalue weighted by molar-refractivity contribution is 14.1. The minimum absolute atomic E-state index is 0.0187. The zero-order valence-electron chi connectivity index (χ0n) is 11.1. The third-order valence-electron chi connectivity index (χ3n) is 3.39. The van der Waals surface area contributed by atoms with Gasteiger partial charge in [-0.1, -0.05) is 24.3 Å². The van der Waals surface area contributed by atoms with Crippen molar-refractivity contribution in [2.75, 3.05) is 0 Å². The number of nitrogens with one attached hydrogen (secondary N) is 1. The van der Waals surface area contributed by atoms with Gasteiger partial charge in [-0.05, 0) is 70.8 Å². The number of hydrazine groups is 1.